The Morgan fingerprint density at radius 1 is 1.00 bits per heavy atom. The van der Waals surface area contributed by atoms with Gasteiger partial charge in [-0.05, 0) is 54.7 Å². The molecule has 3 aromatic rings. The number of benzene rings is 1. The first kappa shape index (κ1) is 32.1. The van der Waals surface area contributed by atoms with E-state index in [1.165, 1.54) is 12.1 Å². The summed E-state index contributed by atoms with van der Waals surface area (Å²) in [5, 5.41) is 3.51. The van der Waals surface area contributed by atoms with Crippen molar-refractivity contribution in [3.8, 4) is 0 Å². The molecule has 2 aromatic heterocycles. The van der Waals surface area contributed by atoms with Gasteiger partial charge in [0, 0.05) is 43.5 Å². The van der Waals surface area contributed by atoms with E-state index in [1.54, 1.807) is 30.7 Å². The molecule has 0 fully saturated rings. The van der Waals surface area contributed by atoms with Crippen molar-refractivity contribution in [2.75, 3.05) is 39.8 Å². The minimum atomic E-state index is -4.48. The lowest BCUT2D eigenvalue weighted by Gasteiger charge is -2.34. The van der Waals surface area contributed by atoms with E-state index in [0.717, 1.165) is 42.7 Å². The highest BCUT2D eigenvalue weighted by Crippen LogP contribution is 2.29. The fourth-order valence-corrected chi connectivity index (χ4v) is 4.81. The SMILES string of the molecule is C[N+](CCN)(CCN)CCC[C@H](N)C(=O)N[C@@H](Cc1ccc(C(F)(F)F)cc1)C(=O)Cc1cnc2ccncc2c1. The number of nitrogens with one attached hydrogen (secondary N) is 1. The van der Waals surface area contributed by atoms with Crippen LogP contribution in [0.1, 0.15) is 29.5 Å². The summed E-state index contributed by atoms with van der Waals surface area (Å²) in [5.41, 5.74) is 18.7. The summed E-state index contributed by atoms with van der Waals surface area (Å²) in [6, 6.07) is 6.24. The van der Waals surface area contributed by atoms with E-state index in [-0.39, 0.29) is 18.6 Å². The van der Waals surface area contributed by atoms with Crippen molar-refractivity contribution >= 4 is 22.6 Å². The van der Waals surface area contributed by atoms with Crippen LogP contribution in [0.3, 0.4) is 0 Å². The van der Waals surface area contributed by atoms with Crippen LogP contribution in [0.5, 0.6) is 0 Å². The number of hydrogen-bond acceptors (Lipinski definition) is 7. The number of halogens is 3. The van der Waals surface area contributed by atoms with E-state index >= 15 is 0 Å². The monoisotopic (exact) mass is 574 g/mol. The van der Waals surface area contributed by atoms with E-state index in [2.05, 4.69) is 22.3 Å². The van der Waals surface area contributed by atoms with E-state index in [4.69, 9.17) is 17.2 Å². The first-order chi connectivity index (χ1) is 19.4. The lowest BCUT2D eigenvalue weighted by atomic mass is 9.96. The highest BCUT2D eigenvalue weighted by atomic mass is 19.4. The van der Waals surface area contributed by atoms with E-state index in [9.17, 15) is 22.8 Å². The third-order valence-electron chi connectivity index (χ3n) is 7.23. The fraction of sp³-hybridized carbons (Fsp3) is 0.448. The maximum Gasteiger partial charge on any atom is 0.416 e. The second-order valence-corrected chi connectivity index (χ2v) is 10.6. The van der Waals surface area contributed by atoms with Crippen LogP contribution in [0.15, 0.2) is 55.0 Å². The topological polar surface area (TPSA) is 150 Å². The molecule has 9 nitrogen and oxygen atoms in total. The van der Waals surface area contributed by atoms with Gasteiger partial charge < -0.3 is 27.0 Å². The van der Waals surface area contributed by atoms with Crippen molar-refractivity contribution in [1.82, 2.24) is 15.3 Å². The molecule has 0 aliphatic carbocycles. The molecule has 0 spiro atoms. The van der Waals surface area contributed by atoms with Crippen LogP contribution in [0.4, 0.5) is 13.2 Å². The number of amides is 1. The molecule has 0 aliphatic heterocycles. The summed E-state index contributed by atoms with van der Waals surface area (Å²) >= 11 is 0. The zero-order chi connectivity index (χ0) is 30.0. The number of Topliss-reactive ketones (excluding diaryl/α,β-unsaturated/α-hetero) is 1. The van der Waals surface area contributed by atoms with Gasteiger partial charge in [-0.1, -0.05) is 12.1 Å². The van der Waals surface area contributed by atoms with Crippen molar-refractivity contribution in [2.24, 2.45) is 17.2 Å². The third kappa shape index (κ3) is 9.56. The Hall–Kier alpha value is -3.45. The predicted molar refractivity (Wildman–Crippen MR) is 151 cm³/mol. The molecule has 1 aromatic carbocycles. The van der Waals surface area contributed by atoms with Crippen LogP contribution in [0.25, 0.3) is 10.9 Å². The number of carbonyl (C=O) groups excluding carboxylic acids is 2. The lowest BCUT2D eigenvalue weighted by Crippen LogP contribution is -2.52. The highest BCUT2D eigenvalue weighted by Gasteiger charge is 2.30. The number of quaternary nitrogens is 1. The lowest BCUT2D eigenvalue weighted by molar-refractivity contribution is -0.907. The Morgan fingerprint density at radius 3 is 2.32 bits per heavy atom. The summed E-state index contributed by atoms with van der Waals surface area (Å²) in [7, 11) is 2.06. The summed E-state index contributed by atoms with van der Waals surface area (Å²) in [6.45, 7) is 3.28. The summed E-state index contributed by atoms with van der Waals surface area (Å²) in [6.07, 6.45) is 1.39. The zero-order valence-corrected chi connectivity index (χ0v) is 23.2. The van der Waals surface area contributed by atoms with Gasteiger partial charge in [-0.3, -0.25) is 19.6 Å². The Labute approximate surface area is 237 Å². The van der Waals surface area contributed by atoms with Crippen LogP contribution in [-0.2, 0) is 28.6 Å². The van der Waals surface area contributed by atoms with Gasteiger partial charge in [0.05, 0.1) is 49.8 Å². The van der Waals surface area contributed by atoms with E-state index < -0.39 is 29.7 Å². The molecule has 222 valence electrons. The molecule has 41 heavy (non-hydrogen) atoms. The smallest absolute Gasteiger partial charge is 0.345 e. The minimum absolute atomic E-state index is 0.0138. The van der Waals surface area contributed by atoms with E-state index in [0.29, 0.717) is 41.5 Å². The molecule has 0 unspecified atom stereocenters. The standard InChI is InChI=1S/C29H38F3N7O2/c1-39(13-9-33,14-10-34)12-2-3-24(35)28(41)38-26(16-20-4-6-23(7-5-20)29(30,31)32)27(40)17-21-15-22-19-36-11-8-25(22)37-18-21/h4-8,11,15,18-19,24,26H,2-3,9-10,12-14,16-17,33-35H2,1H3/p+1/t24-,26-/m0/s1. The molecule has 0 saturated heterocycles. The molecular formula is C29H39F3N7O2+. The molecule has 12 heteroatoms. The van der Waals surface area contributed by atoms with Crippen molar-refractivity contribution in [3.05, 3.63) is 71.7 Å². The van der Waals surface area contributed by atoms with Crippen LogP contribution in [-0.4, -0.2) is 78.0 Å². The number of aromatic nitrogens is 2. The number of rotatable bonds is 15. The van der Waals surface area contributed by atoms with Crippen LogP contribution in [0, 0.1) is 0 Å². The Balaban J connectivity index is 1.72. The Kier molecular flexibility index (Phi) is 11.3. The largest absolute Gasteiger partial charge is 0.416 e. The van der Waals surface area contributed by atoms with Gasteiger partial charge >= 0.3 is 6.18 Å². The number of ketones is 1. The number of nitrogens with two attached hydrogens (primary N) is 3. The molecule has 1 amide bonds. The molecule has 2 heterocycles. The van der Waals surface area contributed by atoms with Crippen molar-refractivity contribution in [3.63, 3.8) is 0 Å². The molecular weight excluding hydrogens is 535 g/mol. The van der Waals surface area contributed by atoms with Gasteiger partial charge in [0.1, 0.15) is 0 Å². The average molecular weight is 575 g/mol. The summed E-state index contributed by atoms with van der Waals surface area (Å²) < 4.78 is 39.8. The maximum atomic E-state index is 13.4. The zero-order valence-electron chi connectivity index (χ0n) is 23.2. The molecule has 2 atom stereocenters. The van der Waals surface area contributed by atoms with Gasteiger partial charge in [-0.25, -0.2) is 0 Å². The average Bonchev–Trinajstić information content (AvgIpc) is 2.92. The molecule has 0 radical (unpaired) electrons. The van der Waals surface area contributed by atoms with Gasteiger partial charge in [0.15, 0.2) is 5.78 Å². The van der Waals surface area contributed by atoms with E-state index in [1.807, 2.05) is 0 Å². The number of likely N-dealkylation sites (N-methyl/N-ethyl adjacent to an activating group) is 1. The van der Waals surface area contributed by atoms with Crippen molar-refractivity contribution in [1.29, 1.82) is 0 Å². The maximum absolute atomic E-state index is 13.4. The molecule has 3 rings (SSSR count). The second-order valence-electron chi connectivity index (χ2n) is 10.6. The highest BCUT2D eigenvalue weighted by molar-refractivity contribution is 5.92. The number of alkyl halides is 3. The number of nitrogens with zero attached hydrogens (tertiary/aromatic N) is 3. The fourth-order valence-electron chi connectivity index (χ4n) is 4.81. The number of hydrogen-bond donors (Lipinski definition) is 4. The molecule has 7 N–H and O–H groups in total. The molecule has 0 saturated carbocycles. The number of carbonyl (C=O) groups is 2. The summed E-state index contributed by atoms with van der Waals surface area (Å²) in [4.78, 5) is 34.9. The quantitative estimate of drug-likeness (QED) is 0.203. The van der Waals surface area contributed by atoms with Crippen LogP contribution >= 0.6 is 0 Å². The van der Waals surface area contributed by atoms with Crippen molar-refractivity contribution in [2.45, 2.75) is 43.9 Å². The normalized spacial score (nSPS) is 13.6. The number of pyridine rings is 2. The van der Waals surface area contributed by atoms with Gasteiger partial charge in [-0.15, -0.1) is 0 Å². The van der Waals surface area contributed by atoms with Gasteiger partial charge in [-0.2, -0.15) is 13.2 Å². The Morgan fingerprint density at radius 2 is 1.68 bits per heavy atom. The van der Waals surface area contributed by atoms with Crippen LogP contribution < -0.4 is 22.5 Å². The first-order valence-electron chi connectivity index (χ1n) is 13.6. The minimum Gasteiger partial charge on any atom is -0.345 e. The predicted octanol–water partition coefficient (Wildman–Crippen LogP) is 1.96. The molecule has 0 bridgehead atoms. The first-order valence-corrected chi connectivity index (χ1v) is 13.6. The van der Waals surface area contributed by atoms with Crippen LogP contribution in [0.2, 0.25) is 0 Å². The summed E-state index contributed by atoms with van der Waals surface area (Å²) in [5.74, 6) is -0.812. The number of fused-ring (bicyclic) bond motifs is 1. The third-order valence-corrected chi connectivity index (χ3v) is 7.23. The van der Waals surface area contributed by atoms with Crippen molar-refractivity contribution < 1.29 is 27.2 Å². The second kappa shape index (κ2) is 14.4. The van der Waals surface area contributed by atoms with Gasteiger partial charge in [0.2, 0.25) is 5.91 Å². The Bertz CT molecular complexity index is 1300. The molecule has 0 aliphatic rings. The van der Waals surface area contributed by atoms with Gasteiger partial charge in [0.25, 0.3) is 0 Å².